The zero-order chi connectivity index (χ0) is 15.9. The van der Waals surface area contributed by atoms with Crippen LogP contribution < -0.4 is 5.32 Å². The van der Waals surface area contributed by atoms with E-state index in [1.807, 2.05) is 0 Å². The van der Waals surface area contributed by atoms with Crippen LogP contribution in [0.4, 0.5) is 4.79 Å². The van der Waals surface area contributed by atoms with Crippen molar-refractivity contribution < 1.29 is 19.5 Å². The van der Waals surface area contributed by atoms with Crippen LogP contribution in [-0.4, -0.2) is 41.0 Å². The molecular formula is C15H26N2O4. The van der Waals surface area contributed by atoms with E-state index < -0.39 is 17.3 Å². The number of carbonyl (C=O) groups is 3. The maximum Gasteiger partial charge on any atom is 0.324 e. The Morgan fingerprint density at radius 1 is 1.00 bits per heavy atom. The van der Waals surface area contributed by atoms with Crippen LogP contribution in [0, 0.1) is 5.41 Å². The molecule has 0 unspecified atom stereocenters. The normalized spacial score (nSPS) is 16.8. The number of aliphatic carboxylic acids is 1. The summed E-state index contributed by atoms with van der Waals surface area (Å²) in [5.41, 5.74) is -0.660. The van der Waals surface area contributed by atoms with E-state index >= 15 is 0 Å². The Bertz CT molecular complexity index is 385. The number of hydrogen-bond donors (Lipinski definition) is 2. The lowest BCUT2D eigenvalue weighted by molar-refractivity contribution is -0.139. The average molecular weight is 298 g/mol. The van der Waals surface area contributed by atoms with Gasteiger partial charge in [0, 0.05) is 19.5 Å². The van der Waals surface area contributed by atoms with Crippen LogP contribution in [0.1, 0.15) is 58.8 Å². The highest BCUT2D eigenvalue weighted by Crippen LogP contribution is 2.24. The number of carboxylic acids is 1. The van der Waals surface area contributed by atoms with Crippen LogP contribution in [-0.2, 0) is 9.59 Å². The Balaban J connectivity index is 2.45. The minimum Gasteiger partial charge on any atom is -0.481 e. The van der Waals surface area contributed by atoms with Crippen molar-refractivity contribution in [3.05, 3.63) is 0 Å². The lowest BCUT2D eigenvalue weighted by atomic mass is 9.85. The standard InChI is InChI=1S/C15H26N2O4/c1-15(2,11-13(19)20)10-12(18)16-14(21)17-8-6-4-3-5-7-9-17/h3-11H2,1-2H3,(H,19,20)(H,16,18,21). The molecule has 6 heteroatoms. The van der Waals surface area contributed by atoms with Gasteiger partial charge in [-0.2, -0.15) is 0 Å². The Hall–Kier alpha value is -1.59. The molecule has 0 aromatic rings. The largest absolute Gasteiger partial charge is 0.481 e. The molecule has 1 aliphatic rings. The summed E-state index contributed by atoms with van der Waals surface area (Å²) < 4.78 is 0. The van der Waals surface area contributed by atoms with Gasteiger partial charge >= 0.3 is 12.0 Å². The summed E-state index contributed by atoms with van der Waals surface area (Å²) in [7, 11) is 0. The molecule has 1 heterocycles. The minimum absolute atomic E-state index is 0.0267. The monoisotopic (exact) mass is 298 g/mol. The number of nitrogens with one attached hydrogen (secondary N) is 1. The first-order valence-corrected chi connectivity index (χ1v) is 7.61. The van der Waals surface area contributed by atoms with Crippen molar-refractivity contribution in [2.45, 2.75) is 58.8 Å². The van der Waals surface area contributed by atoms with Gasteiger partial charge in [0.05, 0.1) is 6.42 Å². The molecule has 0 bridgehead atoms. The highest BCUT2D eigenvalue weighted by molar-refractivity contribution is 5.94. The summed E-state index contributed by atoms with van der Waals surface area (Å²) in [6.45, 7) is 4.78. The second kappa shape index (κ2) is 8.00. The number of likely N-dealkylation sites (tertiary alicyclic amines) is 1. The molecule has 0 spiro atoms. The highest BCUT2D eigenvalue weighted by atomic mass is 16.4. The van der Waals surface area contributed by atoms with Crippen LogP contribution in [0.2, 0.25) is 0 Å². The van der Waals surface area contributed by atoms with Crippen LogP contribution in [0.25, 0.3) is 0 Å². The molecule has 1 aliphatic heterocycles. The highest BCUT2D eigenvalue weighted by Gasteiger charge is 2.27. The van der Waals surface area contributed by atoms with Gasteiger partial charge < -0.3 is 10.0 Å². The Morgan fingerprint density at radius 2 is 1.52 bits per heavy atom. The van der Waals surface area contributed by atoms with Gasteiger partial charge in [0.2, 0.25) is 5.91 Å². The van der Waals surface area contributed by atoms with Crippen LogP contribution in [0.5, 0.6) is 0 Å². The van der Waals surface area contributed by atoms with Crippen molar-refractivity contribution in [3.63, 3.8) is 0 Å². The molecule has 6 nitrogen and oxygen atoms in total. The van der Waals surface area contributed by atoms with E-state index in [9.17, 15) is 14.4 Å². The van der Waals surface area contributed by atoms with Crippen LogP contribution in [0.15, 0.2) is 0 Å². The molecule has 0 saturated carbocycles. The van der Waals surface area contributed by atoms with Crippen LogP contribution >= 0.6 is 0 Å². The van der Waals surface area contributed by atoms with Gasteiger partial charge in [0.15, 0.2) is 0 Å². The molecule has 0 aliphatic carbocycles. The summed E-state index contributed by atoms with van der Waals surface area (Å²) in [5.74, 6) is -1.35. The Morgan fingerprint density at radius 3 is 2.05 bits per heavy atom. The van der Waals surface area contributed by atoms with Gasteiger partial charge in [-0.05, 0) is 18.3 Å². The molecule has 0 aromatic heterocycles. The van der Waals surface area contributed by atoms with Gasteiger partial charge in [-0.15, -0.1) is 0 Å². The van der Waals surface area contributed by atoms with Crippen molar-refractivity contribution in [2.75, 3.05) is 13.1 Å². The maximum absolute atomic E-state index is 12.1. The first-order valence-electron chi connectivity index (χ1n) is 7.61. The van der Waals surface area contributed by atoms with E-state index in [4.69, 9.17) is 5.11 Å². The summed E-state index contributed by atoms with van der Waals surface area (Å²) in [4.78, 5) is 36.4. The molecule has 2 N–H and O–H groups in total. The molecule has 21 heavy (non-hydrogen) atoms. The predicted molar refractivity (Wildman–Crippen MR) is 78.8 cm³/mol. The first-order chi connectivity index (χ1) is 9.80. The summed E-state index contributed by atoms with van der Waals surface area (Å²) in [6.07, 6.45) is 5.29. The summed E-state index contributed by atoms with van der Waals surface area (Å²) >= 11 is 0. The number of nitrogens with zero attached hydrogens (tertiary/aromatic N) is 1. The van der Waals surface area contributed by atoms with Crippen molar-refractivity contribution in [1.29, 1.82) is 0 Å². The summed E-state index contributed by atoms with van der Waals surface area (Å²) in [5, 5.41) is 11.2. The van der Waals surface area contributed by atoms with Gasteiger partial charge in [0.25, 0.3) is 0 Å². The van der Waals surface area contributed by atoms with Crippen molar-refractivity contribution in [2.24, 2.45) is 5.41 Å². The number of hydrogen-bond acceptors (Lipinski definition) is 3. The number of carbonyl (C=O) groups excluding carboxylic acids is 2. The third kappa shape index (κ3) is 7.11. The average Bonchev–Trinajstić information content (AvgIpc) is 2.24. The van der Waals surface area contributed by atoms with Crippen molar-refractivity contribution in [1.82, 2.24) is 10.2 Å². The molecule has 1 saturated heterocycles. The second-order valence-corrected chi connectivity index (χ2v) is 6.52. The number of imide groups is 1. The van der Waals surface area contributed by atoms with Crippen molar-refractivity contribution in [3.8, 4) is 0 Å². The first kappa shape index (κ1) is 17.5. The number of rotatable bonds is 4. The zero-order valence-electron chi connectivity index (χ0n) is 13.0. The lowest BCUT2D eigenvalue weighted by Crippen LogP contribution is -2.45. The molecule has 0 atom stereocenters. The Kier molecular flexibility index (Phi) is 6.65. The number of carboxylic acid groups (broad SMARTS) is 1. The molecule has 120 valence electrons. The van der Waals surface area contributed by atoms with E-state index in [0.29, 0.717) is 13.1 Å². The SMILES string of the molecule is CC(C)(CC(=O)O)CC(=O)NC(=O)N1CCCCCCC1. The van der Waals surface area contributed by atoms with E-state index in [2.05, 4.69) is 5.32 Å². The van der Waals surface area contributed by atoms with E-state index in [1.54, 1.807) is 18.7 Å². The fourth-order valence-corrected chi connectivity index (χ4v) is 2.60. The van der Waals surface area contributed by atoms with Gasteiger partial charge in [-0.3, -0.25) is 14.9 Å². The number of amides is 3. The minimum atomic E-state index is -0.942. The fraction of sp³-hybridized carbons (Fsp3) is 0.800. The number of urea groups is 1. The van der Waals surface area contributed by atoms with E-state index in [1.165, 1.54) is 6.42 Å². The smallest absolute Gasteiger partial charge is 0.324 e. The zero-order valence-corrected chi connectivity index (χ0v) is 13.0. The van der Waals surface area contributed by atoms with Gasteiger partial charge in [-0.25, -0.2) is 4.79 Å². The van der Waals surface area contributed by atoms with Gasteiger partial charge in [-0.1, -0.05) is 33.1 Å². The fourth-order valence-electron chi connectivity index (χ4n) is 2.60. The summed E-state index contributed by atoms with van der Waals surface area (Å²) in [6, 6.07) is -0.354. The van der Waals surface area contributed by atoms with Crippen LogP contribution in [0.3, 0.4) is 0 Å². The van der Waals surface area contributed by atoms with E-state index in [0.717, 1.165) is 25.7 Å². The van der Waals surface area contributed by atoms with Gasteiger partial charge in [0.1, 0.15) is 0 Å². The predicted octanol–water partition coefficient (Wildman–Crippen LogP) is 2.38. The van der Waals surface area contributed by atoms with Crippen molar-refractivity contribution >= 4 is 17.9 Å². The third-order valence-electron chi connectivity index (χ3n) is 3.66. The second-order valence-electron chi connectivity index (χ2n) is 6.52. The van der Waals surface area contributed by atoms with E-state index in [-0.39, 0.29) is 18.9 Å². The quantitative estimate of drug-likeness (QED) is 0.834. The molecule has 1 rings (SSSR count). The molecule has 0 radical (unpaired) electrons. The molecular weight excluding hydrogens is 272 g/mol. The topological polar surface area (TPSA) is 86.7 Å². The lowest BCUT2D eigenvalue weighted by Gasteiger charge is -2.26. The molecule has 0 aromatic carbocycles. The third-order valence-corrected chi connectivity index (χ3v) is 3.66. The maximum atomic E-state index is 12.1. The Labute approximate surface area is 125 Å². The molecule has 1 fully saturated rings. The molecule has 3 amide bonds.